The number of hydrogen-bond donors (Lipinski definition) is 2. The second kappa shape index (κ2) is 4.29. The maximum absolute atomic E-state index is 12.1. The van der Waals surface area contributed by atoms with Gasteiger partial charge in [0.05, 0.1) is 6.04 Å². The molecule has 16 heavy (non-hydrogen) atoms. The molecule has 1 atom stereocenters. The topological polar surface area (TPSA) is 46.1 Å². The molecule has 1 unspecified atom stereocenters. The lowest BCUT2D eigenvalue weighted by atomic mass is 9.77. The first-order valence-electron chi connectivity index (χ1n) is 5.77. The molecule has 1 aliphatic rings. The average molecular weight is 221 g/mol. The van der Waals surface area contributed by atoms with E-state index < -0.39 is 0 Å². The molecule has 0 radical (unpaired) electrons. The highest BCUT2D eigenvalue weighted by Crippen LogP contribution is 2.30. The molecule has 0 saturated carbocycles. The third-order valence-corrected chi connectivity index (χ3v) is 3.23. The summed E-state index contributed by atoms with van der Waals surface area (Å²) in [5.41, 5.74) is 2.89. The standard InChI is InChI=1S/C12H19N3O/c1-12(2)6-5-7-13-10(12)11(16)14-15-8-3-4-9-15/h3-4,8-10,13H,5-7H2,1-2H3,(H,14,16). The van der Waals surface area contributed by atoms with Crippen LogP contribution >= 0.6 is 0 Å². The van der Waals surface area contributed by atoms with E-state index in [-0.39, 0.29) is 17.4 Å². The van der Waals surface area contributed by atoms with E-state index in [1.165, 1.54) is 0 Å². The number of piperidine rings is 1. The number of nitrogens with one attached hydrogen (secondary N) is 2. The van der Waals surface area contributed by atoms with Crippen LogP contribution in [0, 0.1) is 5.41 Å². The summed E-state index contributed by atoms with van der Waals surface area (Å²) in [5.74, 6) is 0.0425. The van der Waals surface area contributed by atoms with E-state index in [9.17, 15) is 4.79 Å². The highest BCUT2D eigenvalue weighted by molar-refractivity contribution is 5.89. The maximum Gasteiger partial charge on any atom is 0.256 e. The normalized spacial score (nSPS) is 24.0. The van der Waals surface area contributed by atoms with Gasteiger partial charge in [-0.1, -0.05) is 13.8 Å². The van der Waals surface area contributed by atoms with Crippen LogP contribution in [0.3, 0.4) is 0 Å². The molecule has 1 aromatic rings. The van der Waals surface area contributed by atoms with Gasteiger partial charge in [0.15, 0.2) is 0 Å². The van der Waals surface area contributed by atoms with Crippen molar-refractivity contribution in [2.75, 3.05) is 12.0 Å². The number of hydrogen-bond acceptors (Lipinski definition) is 2. The predicted octanol–water partition coefficient (Wildman–Crippen LogP) is 1.34. The van der Waals surface area contributed by atoms with Crippen molar-refractivity contribution in [1.29, 1.82) is 0 Å². The molecule has 2 N–H and O–H groups in total. The predicted molar refractivity (Wildman–Crippen MR) is 63.6 cm³/mol. The summed E-state index contributed by atoms with van der Waals surface area (Å²) in [6, 6.07) is 3.67. The van der Waals surface area contributed by atoms with Gasteiger partial charge in [-0.3, -0.25) is 14.9 Å². The Balaban J connectivity index is 2.03. The largest absolute Gasteiger partial charge is 0.305 e. The van der Waals surface area contributed by atoms with Gasteiger partial charge in [-0.05, 0) is 36.9 Å². The van der Waals surface area contributed by atoms with Crippen LogP contribution in [-0.4, -0.2) is 23.2 Å². The Kier molecular flexibility index (Phi) is 3.01. The van der Waals surface area contributed by atoms with Crippen molar-refractivity contribution in [3.63, 3.8) is 0 Å². The van der Waals surface area contributed by atoms with Gasteiger partial charge in [0.2, 0.25) is 0 Å². The number of amides is 1. The zero-order valence-corrected chi connectivity index (χ0v) is 9.86. The van der Waals surface area contributed by atoms with Gasteiger partial charge in [-0.15, -0.1) is 0 Å². The molecule has 4 heteroatoms. The Morgan fingerprint density at radius 3 is 2.75 bits per heavy atom. The quantitative estimate of drug-likeness (QED) is 0.791. The van der Waals surface area contributed by atoms with Crippen molar-refractivity contribution in [3.8, 4) is 0 Å². The number of nitrogens with zero attached hydrogens (tertiary/aromatic N) is 1. The van der Waals surface area contributed by atoms with Crippen LogP contribution in [-0.2, 0) is 4.79 Å². The second-order valence-corrected chi connectivity index (χ2v) is 5.05. The van der Waals surface area contributed by atoms with E-state index in [2.05, 4.69) is 24.6 Å². The maximum atomic E-state index is 12.1. The lowest BCUT2D eigenvalue weighted by Crippen LogP contribution is -2.54. The highest BCUT2D eigenvalue weighted by atomic mass is 16.2. The van der Waals surface area contributed by atoms with Gasteiger partial charge in [0, 0.05) is 12.4 Å². The molecule has 0 bridgehead atoms. The van der Waals surface area contributed by atoms with E-state index >= 15 is 0 Å². The Bertz CT molecular complexity index is 356. The van der Waals surface area contributed by atoms with Crippen LogP contribution in [0.25, 0.3) is 0 Å². The molecule has 1 aromatic heterocycles. The zero-order valence-electron chi connectivity index (χ0n) is 9.86. The minimum atomic E-state index is -0.108. The Morgan fingerprint density at radius 2 is 2.12 bits per heavy atom. The van der Waals surface area contributed by atoms with Crippen molar-refractivity contribution >= 4 is 5.91 Å². The lowest BCUT2D eigenvalue weighted by molar-refractivity contribution is -0.122. The smallest absolute Gasteiger partial charge is 0.256 e. The summed E-state index contributed by atoms with van der Waals surface area (Å²) in [5, 5.41) is 3.30. The van der Waals surface area contributed by atoms with Crippen LogP contribution in [0.5, 0.6) is 0 Å². The van der Waals surface area contributed by atoms with Crippen molar-refractivity contribution in [2.24, 2.45) is 5.41 Å². The first kappa shape index (κ1) is 11.2. The van der Waals surface area contributed by atoms with Crippen LogP contribution in [0.2, 0.25) is 0 Å². The molecule has 0 aliphatic carbocycles. The number of aromatic nitrogens is 1. The summed E-state index contributed by atoms with van der Waals surface area (Å²) in [6.07, 6.45) is 5.88. The molecule has 1 amide bonds. The van der Waals surface area contributed by atoms with E-state index in [0.717, 1.165) is 19.4 Å². The zero-order chi connectivity index (χ0) is 11.6. The molecule has 1 saturated heterocycles. The first-order valence-corrected chi connectivity index (χ1v) is 5.77. The third kappa shape index (κ3) is 2.27. The average Bonchev–Trinajstić information content (AvgIpc) is 2.69. The fourth-order valence-corrected chi connectivity index (χ4v) is 2.26. The SMILES string of the molecule is CC1(C)CCCNC1C(=O)Nn1cccc1. The van der Waals surface area contributed by atoms with Gasteiger partial charge in [-0.2, -0.15) is 0 Å². The van der Waals surface area contributed by atoms with Crippen molar-refractivity contribution in [2.45, 2.75) is 32.7 Å². The van der Waals surface area contributed by atoms with Gasteiger partial charge in [-0.25, -0.2) is 0 Å². The van der Waals surface area contributed by atoms with Gasteiger partial charge in [0.25, 0.3) is 5.91 Å². The fourth-order valence-electron chi connectivity index (χ4n) is 2.26. The fraction of sp³-hybridized carbons (Fsp3) is 0.583. The molecule has 1 fully saturated rings. The first-order chi connectivity index (χ1) is 7.59. The van der Waals surface area contributed by atoms with Gasteiger partial charge < -0.3 is 5.32 Å². The van der Waals surface area contributed by atoms with E-state index in [4.69, 9.17) is 0 Å². The molecule has 2 heterocycles. The Hall–Kier alpha value is -1.29. The summed E-state index contributed by atoms with van der Waals surface area (Å²) < 4.78 is 1.69. The molecule has 2 rings (SSSR count). The Morgan fingerprint density at radius 1 is 1.44 bits per heavy atom. The summed E-state index contributed by atoms with van der Waals surface area (Å²) in [6.45, 7) is 5.20. The summed E-state index contributed by atoms with van der Waals surface area (Å²) in [7, 11) is 0. The van der Waals surface area contributed by atoms with Gasteiger partial charge in [0.1, 0.15) is 0 Å². The monoisotopic (exact) mass is 221 g/mol. The summed E-state index contributed by atoms with van der Waals surface area (Å²) in [4.78, 5) is 12.1. The summed E-state index contributed by atoms with van der Waals surface area (Å²) >= 11 is 0. The van der Waals surface area contributed by atoms with Crippen molar-refractivity contribution in [3.05, 3.63) is 24.5 Å². The lowest BCUT2D eigenvalue weighted by Gasteiger charge is -2.38. The molecule has 0 spiro atoms. The molecular weight excluding hydrogens is 202 g/mol. The minimum absolute atomic E-state index is 0.0233. The van der Waals surface area contributed by atoms with E-state index in [1.54, 1.807) is 4.68 Å². The van der Waals surface area contributed by atoms with E-state index in [1.807, 2.05) is 24.5 Å². The molecule has 88 valence electrons. The number of carbonyl (C=O) groups is 1. The van der Waals surface area contributed by atoms with Crippen molar-refractivity contribution in [1.82, 2.24) is 9.99 Å². The third-order valence-electron chi connectivity index (χ3n) is 3.23. The van der Waals surface area contributed by atoms with Crippen LogP contribution in [0.1, 0.15) is 26.7 Å². The van der Waals surface area contributed by atoms with Gasteiger partial charge >= 0.3 is 0 Å². The number of carbonyl (C=O) groups excluding carboxylic acids is 1. The Labute approximate surface area is 96.0 Å². The molecule has 0 aromatic carbocycles. The highest BCUT2D eigenvalue weighted by Gasteiger charge is 2.37. The molecule has 4 nitrogen and oxygen atoms in total. The minimum Gasteiger partial charge on any atom is -0.305 e. The second-order valence-electron chi connectivity index (χ2n) is 5.05. The number of rotatable bonds is 2. The van der Waals surface area contributed by atoms with Crippen LogP contribution < -0.4 is 10.7 Å². The molecular formula is C12H19N3O. The van der Waals surface area contributed by atoms with Crippen LogP contribution in [0.15, 0.2) is 24.5 Å². The molecule has 1 aliphatic heterocycles. The van der Waals surface area contributed by atoms with Crippen molar-refractivity contribution < 1.29 is 4.79 Å². The van der Waals surface area contributed by atoms with Crippen LogP contribution in [0.4, 0.5) is 0 Å². The van der Waals surface area contributed by atoms with E-state index in [0.29, 0.717) is 0 Å².